The molecule has 0 spiro atoms. The minimum absolute atomic E-state index is 0.0140. The first-order valence-corrected chi connectivity index (χ1v) is 18.5. The molecule has 0 radical (unpaired) electrons. The van der Waals surface area contributed by atoms with E-state index >= 15 is 0 Å². The van der Waals surface area contributed by atoms with Crippen LogP contribution < -0.4 is 0 Å². The van der Waals surface area contributed by atoms with Gasteiger partial charge in [0.1, 0.15) is 0 Å². The molecule has 0 bridgehead atoms. The van der Waals surface area contributed by atoms with E-state index in [1.807, 2.05) is 0 Å². The first kappa shape index (κ1) is 38.2. The Balaban J connectivity index is 2.26. The minimum Gasteiger partial charge on any atom is -0.466 e. The van der Waals surface area contributed by atoms with Crippen molar-refractivity contribution in [2.75, 3.05) is 27.2 Å². The number of carbonyl (C=O) groups excluding carboxylic acids is 1. The maximum absolute atomic E-state index is 12.1. The predicted molar refractivity (Wildman–Crippen MR) is 181 cm³/mol. The van der Waals surface area contributed by atoms with Gasteiger partial charge in [-0.1, -0.05) is 115 Å². The Kier molecular flexibility index (Phi) is 24.9. The van der Waals surface area contributed by atoms with Crippen LogP contribution in [-0.2, 0) is 9.53 Å². The Morgan fingerprint density at radius 3 is 1.66 bits per heavy atom. The molecule has 3 heteroatoms. The zero-order valence-corrected chi connectivity index (χ0v) is 28.6. The molecule has 0 aromatic carbocycles. The molecule has 0 aliphatic heterocycles. The Morgan fingerprint density at radius 2 is 1.15 bits per heavy atom. The average Bonchev–Trinajstić information content (AvgIpc) is 3.72. The second-order valence-electron chi connectivity index (χ2n) is 13.8. The molecule has 0 atom stereocenters. The minimum atomic E-state index is 0.0140. The zero-order chi connectivity index (χ0) is 29.9. The molecular formula is C38H73NO2. The number of unbranched alkanes of at least 4 members (excludes halogenated alkanes) is 16. The van der Waals surface area contributed by atoms with E-state index in [2.05, 4.69) is 38.9 Å². The largest absolute Gasteiger partial charge is 0.466 e. The van der Waals surface area contributed by atoms with Crippen molar-refractivity contribution in [2.45, 2.75) is 194 Å². The molecule has 0 saturated heterocycles. The van der Waals surface area contributed by atoms with Crippen LogP contribution in [-0.4, -0.2) is 38.1 Å². The summed E-state index contributed by atoms with van der Waals surface area (Å²) in [5, 5.41) is 0. The van der Waals surface area contributed by atoms with Gasteiger partial charge >= 0.3 is 5.97 Å². The number of carbonyl (C=O) groups is 1. The second-order valence-corrected chi connectivity index (χ2v) is 13.8. The molecule has 1 aliphatic rings. The maximum atomic E-state index is 12.1. The van der Waals surface area contributed by atoms with Crippen molar-refractivity contribution < 1.29 is 9.53 Å². The van der Waals surface area contributed by atoms with Crippen molar-refractivity contribution in [3.63, 3.8) is 0 Å². The highest BCUT2D eigenvalue weighted by Crippen LogP contribution is 2.53. The van der Waals surface area contributed by atoms with E-state index in [1.54, 1.807) is 5.57 Å². The molecule has 0 heterocycles. The summed E-state index contributed by atoms with van der Waals surface area (Å²) < 4.78 is 5.46. The van der Waals surface area contributed by atoms with Crippen molar-refractivity contribution >= 4 is 5.97 Å². The van der Waals surface area contributed by atoms with Crippen LogP contribution >= 0.6 is 0 Å². The standard InChI is InChI=1S/C38H73NO2/c1-5-7-9-11-13-15-17-19-26-36(27-20-18-16-14-12-10-8-6-2)28-21-22-30-38(32-33-38)31-25-29-37(40)41-35-24-23-34-39(3)4/h28H,5-27,29-35H2,1-4H3. The zero-order valence-electron chi connectivity index (χ0n) is 28.6. The van der Waals surface area contributed by atoms with Crippen molar-refractivity contribution in [1.82, 2.24) is 4.90 Å². The number of rotatable bonds is 31. The molecule has 1 rings (SSSR count). The van der Waals surface area contributed by atoms with Gasteiger partial charge in [0.05, 0.1) is 6.61 Å². The van der Waals surface area contributed by atoms with Crippen molar-refractivity contribution in [1.29, 1.82) is 0 Å². The fourth-order valence-corrected chi connectivity index (χ4v) is 6.28. The summed E-state index contributed by atoms with van der Waals surface area (Å²) in [4.78, 5) is 14.3. The van der Waals surface area contributed by atoms with Gasteiger partial charge < -0.3 is 9.64 Å². The fourth-order valence-electron chi connectivity index (χ4n) is 6.28. The molecule has 41 heavy (non-hydrogen) atoms. The van der Waals surface area contributed by atoms with E-state index in [-0.39, 0.29) is 5.97 Å². The third kappa shape index (κ3) is 24.3. The summed E-state index contributed by atoms with van der Waals surface area (Å²) in [6, 6.07) is 0. The van der Waals surface area contributed by atoms with Gasteiger partial charge in [0.15, 0.2) is 0 Å². The smallest absolute Gasteiger partial charge is 0.305 e. The molecule has 0 unspecified atom stereocenters. The molecule has 0 aromatic heterocycles. The molecule has 1 fully saturated rings. The summed E-state index contributed by atoms with van der Waals surface area (Å²) in [6.07, 6.45) is 39.6. The maximum Gasteiger partial charge on any atom is 0.305 e. The third-order valence-corrected chi connectivity index (χ3v) is 9.35. The van der Waals surface area contributed by atoms with E-state index in [0.717, 1.165) is 25.8 Å². The topological polar surface area (TPSA) is 29.5 Å². The quantitative estimate of drug-likeness (QED) is 0.0468. The summed E-state index contributed by atoms with van der Waals surface area (Å²) in [5.41, 5.74) is 2.32. The van der Waals surface area contributed by atoms with Crippen LogP contribution in [0.3, 0.4) is 0 Å². The predicted octanol–water partition coefficient (Wildman–Crippen LogP) is 12.0. The Labute approximate surface area is 258 Å². The lowest BCUT2D eigenvalue weighted by Gasteiger charge is -2.15. The molecule has 1 saturated carbocycles. The fraction of sp³-hybridized carbons (Fsp3) is 0.921. The lowest BCUT2D eigenvalue weighted by atomic mass is 9.92. The first-order valence-electron chi connectivity index (χ1n) is 18.5. The van der Waals surface area contributed by atoms with Crippen LogP contribution in [0.2, 0.25) is 0 Å². The van der Waals surface area contributed by atoms with Crippen LogP contribution in [0.25, 0.3) is 0 Å². The Hall–Kier alpha value is -0.830. The van der Waals surface area contributed by atoms with Gasteiger partial charge in [-0.25, -0.2) is 0 Å². The number of allylic oxidation sites excluding steroid dienone is 2. The van der Waals surface area contributed by atoms with E-state index in [4.69, 9.17) is 4.74 Å². The van der Waals surface area contributed by atoms with Crippen molar-refractivity contribution in [3.8, 4) is 0 Å². The van der Waals surface area contributed by atoms with Gasteiger partial charge in [-0.15, -0.1) is 0 Å². The van der Waals surface area contributed by atoms with Crippen LogP contribution in [0.15, 0.2) is 11.6 Å². The molecule has 3 nitrogen and oxygen atoms in total. The molecule has 0 aromatic rings. The highest BCUT2D eigenvalue weighted by Gasteiger charge is 2.40. The molecule has 1 aliphatic carbocycles. The Bertz CT molecular complexity index is 600. The van der Waals surface area contributed by atoms with Gasteiger partial charge in [-0.3, -0.25) is 4.79 Å². The third-order valence-electron chi connectivity index (χ3n) is 9.35. The van der Waals surface area contributed by atoms with Gasteiger partial charge in [0.25, 0.3) is 0 Å². The van der Waals surface area contributed by atoms with Crippen LogP contribution in [0.5, 0.6) is 0 Å². The van der Waals surface area contributed by atoms with E-state index in [1.165, 1.54) is 154 Å². The van der Waals surface area contributed by atoms with E-state index in [0.29, 0.717) is 18.4 Å². The number of ether oxygens (including phenoxy) is 1. The summed E-state index contributed by atoms with van der Waals surface area (Å²) in [6.45, 7) is 6.26. The summed E-state index contributed by atoms with van der Waals surface area (Å²) >= 11 is 0. The first-order chi connectivity index (χ1) is 20.0. The monoisotopic (exact) mass is 576 g/mol. The number of nitrogens with zero attached hydrogens (tertiary/aromatic N) is 1. The molecule has 0 amide bonds. The summed E-state index contributed by atoms with van der Waals surface area (Å²) in [5.74, 6) is 0.0140. The Morgan fingerprint density at radius 1 is 0.634 bits per heavy atom. The van der Waals surface area contributed by atoms with Crippen molar-refractivity contribution in [2.24, 2.45) is 5.41 Å². The lowest BCUT2D eigenvalue weighted by molar-refractivity contribution is -0.144. The normalized spacial score (nSPS) is 14.0. The van der Waals surface area contributed by atoms with Crippen LogP contribution in [0.1, 0.15) is 194 Å². The van der Waals surface area contributed by atoms with E-state index in [9.17, 15) is 4.79 Å². The van der Waals surface area contributed by atoms with Gasteiger partial charge in [-0.05, 0) is 110 Å². The summed E-state index contributed by atoms with van der Waals surface area (Å²) in [7, 11) is 4.18. The molecule has 0 N–H and O–H groups in total. The van der Waals surface area contributed by atoms with Gasteiger partial charge in [0.2, 0.25) is 0 Å². The van der Waals surface area contributed by atoms with Crippen molar-refractivity contribution in [3.05, 3.63) is 11.6 Å². The van der Waals surface area contributed by atoms with Gasteiger partial charge in [-0.2, -0.15) is 0 Å². The second kappa shape index (κ2) is 26.8. The average molecular weight is 576 g/mol. The number of esters is 1. The van der Waals surface area contributed by atoms with Gasteiger partial charge in [0, 0.05) is 6.42 Å². The van der Waals surface area contributed by atoms with Crippen LogP contribution in [0, 0.1) is 5.41 Å². The number of hydrogen-bond acceptors (Lipinski definition) is 3. The molecule has 242 valence electrons. The van der Waals surface area contributed by atoms with Crippen LogP contribution in [0.4, 0.5) is 0 Å². The van der Waals surface area contributed by atoms with E-state index < -0.39 is 0 Å². The SMILES string of the molecule is CCCCCCCCCCC(=CCCCC1(CCCC(=O)OCCCCN(C)C)CC1)CCCCCCCCCC. The lowest BCUT2D eigenvalue weighted by Crippen LogP contribution is -2.14. The number of hydrogen-bond donors (Lipinski definition) is 0. The highest BCUT2D eigenvalue weighted by atomic mass is 16.5. The highest BCUT2D eigenvalue weighted by molar-refractivity contribution is 5.69. The molecular weight excluding hydrogens is 502 g/mol.